The molecule has 2 aliphatic rings. The van der Waals surface area contributed by atoms with Crippen molar-refractivity contribution in [3.63, 3.8) is 0 Å². The molecule has 0 spiro atoms. The summed E-state index contributed by atoms with van der Waals surface area (Å²) in [6.07, 6.45) is 4.83. The van der Waals surface area contributed by atoms with E-state index in [0.29, 0.717) is 0 Å². The van der Waals surface area contributed by atoms with Gasteiger partial charge in [0.25, 0.3) is 15.9 Å². The number of amides is 3. The van der Waals surface area contributed by atoms with Gasteiger partial charge in [-0.1, -0.05) is 26.2 Å². The highest BCUT2D eigenvalue weighted by Gasteiger charge is 2.34. The number of nitrogens with zero attached hydrogens (tertiary/aromatic N) is 2. The van der Waals surface area contributed by atoms with Crippen molar-refractivity contribution in [1.82, 2.24) is 15.1 Å². The minimum absolute atomic E-state index is 0.121. The number of rotatable bonds is 8. The average Bonchev–Trinajstić information content (AvgIpc) is 2.95. The number of anilines is 1. The summed E-state index contributed by atoms with van der Waals surface area (Å²) in [6, 6.07) is 8.26. The van der Waals surface area contributed by atoms with Crippen molar-refractivity contribution < 1.29 is 32.2 Å². The quantitative estimate of drug-likeness (QED) is 0.429. The van der Waals surface area contributed by atoms with Gasteiger partial charge in [-0.2, -0.15) is 0 Å². The number of halogens is 1. The molecule has 0 saturated heterocycles. The van der Waals surface area contributed by atoms with Crippen molar-refractivity contribution in [2.75, 3.05) is 31.5 Å². The Morgan fingerprint density at radius 1 is 1.17 bits per heavy atom. The lowest BCUT2D eigenvalue weighted by Crippen LogP contribution is -2.52. The molecule has 0 unspecified atom stereocenters. The van der Waals surface area contributed by atoms with Crippen LogP contribution in [-0.4, -0.2) is 80.2 Å². The molecule has 3 atom stereocenters. The number of hydrogen-bond donors (Lipinski definition) is 3. The van der Waals surface area contributed by atoms with Gasteiger partial charge in [-0.25, -0.2) is 17.6 Å². The van der Waals surface area contributed by atoms with Gasteiger partial charge in [0.2, 0.25) is 0 Å². The van der Waals surface area contributed by atoms with Crippen molar-refractivity contribution in [2.24, 2.45) is 5.92 Å². The fourth-order valence-corrected chi connectivity index (χ4v) is 6.27. The van der Waals surface area contributed by atoms with Crippen LogP contribution in [0.4, 0.5) is 14.9 Å². The SMILES string of the molecule is C[C@@H]1CN([C@@H](C)CO)C(=O)c2cc(NS(=O)(=O)c3ccc(F)cc3)ccc2O[C@@H]1CN(C)C(=O)NC1CCCCC1. The van der Waals surface area contributed by atoms with E-state index in [2.05, 4.69) is 10.0 Å². The van der Waals surface area contributed by atoms with Gasteiger partial charge >= 0.3 is 6.03 Å². The van der Waals surface area contributed by atoms with E-state index in [1.165, 1.54) is 24.6 Å². The maximum Gasteiger partial charge on any atom is 0.317 e. The van der Waals surface area contributed by atoms with Crippen molar-refractivity contribution in [3.05, 3.63) is 53.8 Å². The fourth-order valence-electron chi connectivity index (χ4n) is 5.22. The van der Waals surface area contributed by atoms with Crippen molar-refractivity contribution in [2.45, 2.75) is 69.0 Å². The molecule has 0 aromatic heterocycles. The zero-order valence-corrected chi connectivity index (χ0v) is 24.5. The number of aliphatic hydroxyl groups is 1. The summed E-state index contributed by atoms with van der Waals surface area (Å²) in [6.45, 7) is 3.91. The van der Waals surface area contributed by atoms with E-state index in [1.807, 2.05) is 6.92 Å². The molecule has 12 heteroatoms. The predicted molar refractivity (Wildman–Crippen MR) is 153 cm³/mol. The van der Waals surface area contributed by atoms with Crippen LogP contribution in [0, 0.1) is 11.7 Å². The minimum Gasteiger partial charge on any atom is -0.487 e. The van der Waals surface area contributed by atoms with Crippen LogP contribution >= 0.6 is 0 Å². The molecule has 1 saturated carbocycles. The van der Waals surface area contributed by atoms with E-state index in [-0.39, 0.29) is 59.6 Å². The number of sulfonamides is 1. The number of hydrogen-bond acceptors (Lipinski definition) is 6. The van der Waals surface area contributed by atoms with Crippen LogP contribution in [0.5, 0.6) is 5.75 Å². The van der Waals surface area contributed by atoms with Crippen LogP contribution in [0.1, 0.15) is 56.3 Å². The maximum absolute atomic E-state index is 13.7. The van der Waals surface area contributed by atoms with E-state index in [4.69, 9.17) is 4.74 Å². The van der Waals surface area contributed by atoms with Gasteiger partial charge in [-0.3, -0.25) is 9.52 Å². The third-order valence-electron chi connectivity index (χ3n) is 7.77. The Morgan fingerprint density at radius 2 is 1.85 bits per heavy atom. The molecule has 3 N–H and O–H groups in total. The molecule has 4 rings (SSSR count). The minimum atomic E-state index is -4.06. The lowest BCUT2D eigenvalue weighted by Gasteiger charge is -2.38. The van der Waals surface area contributed by atoms with Crippen LogP contribution in [-0.2, 0) is 10.0 Å². The van der Waals surface area contributed by atoms with Crippen LogP contribution in [0.15, 0.2) is 47.4 Å². The molecule has 1 heterocycles. The van der Waals surface area contributed by atoms with Gasteiger partial charge in [0, 0.05) is 31.2 Å². The first-order chi connectivity index (χ1) is 19.5. The average molecular weight is 591 g/mol. The summed E-state index contributed by atoms with van der Waals surface area (Å²) in [5.74, 6) is -0.931. The molecular formula is C29H39FN4O6S. The zero-order chi connectivity index (χ0) is 29.7. The third kappa shape index (κ3) is 7.48. The number of urea groups is 1. The summed E-state index contributed by atoms with van der Waals surface area (Å²) < 4.78 is 47.9. The number of likely N-dealkylation sites (N-methyl/N-ethyl adjacent to an activating group) is 1. The molecule has 3 amide bonds. The molecule has 0 bridgehead atoms. The summed E-state index contributed by atoms with van der Waals surface area (Å²) in [5, 5.41) is 13.0. The van der Waals surface area contributed by atoms with E-state index < -0.39 is 33.9 Å². The number of fused-ring (bicyclic) bond motifs is 1. The summed E-state index contributed by atoms with van der Waals surface area (Å²) in [4.78, 5) is 29.6. The first-order valence-corrected chi connectivity index (χ1v) is 15.5. The van der Waals surface area contributed by atoms with Crippen LogP contribution in [0.2, 0.25) is 0 Å². The van der Waals surface area contributed by atoms with Crippen LogP contribution in [0.25, 0.3) is 0 Å². The second-order valence-electron chi connectivity index (χ2n) is 11.1. The van der Waals surface area contributed by atoms with Crippen LogP contribution < -0.4 is 14.8 Å². The first-order valence-electron chi connectivity index (χ1n) is 14.0. The van der Waals surface area contributed by atoms with E-state index in [9.17, 15) is 27.5 Å². The second kappa shape index (κ2) is 13.1. The highest BCUT2D eigenvalue weighted by molar-refractivity contribution is 7.92. The smallest absolute Gasteiger partial charge is 0.317 e. The van der Waals surface area contributed by atoms with E-state index in [1.54, 1.807) is 23.8 Å². The van der Waals surface area contributed by atoms with Crippen LogP contribution in [0.3, 0.4) is 0 Å². The van der Waals surface area contributed by atoms with Gasteiger partial charge in [-0.15, -0.1) is 0 Å². The Bertz CT molecular complexity index is 1330. The normalized spacial score (nSPS) is 20.7. The van der Waals surface area contributed by atoms with Gasteiger partial charge in [0.1, 0.15) is 17.7 Å². The fraction of sp³-hybridized carbons (Fsp3) is 0.517. The van der Waals surface area contributed by atoms with Crippen molar-refractivity contribution in [1.29, 1.82) is 0 Å². The third-order valence-corrected chi connectivity index (χ3v) is 9.17. The Morgan fingerprint density at radius 3 is 2.51 bits per heavy atom. The number of benzene rings is 2. The molecule has 41 heavy (non-hydrogen) atoms. The van der Waals surface area contributed by atoms with Gasteiger partial charge in [0.05, 0.1) is 29.7 Å². The summed E-state index contributed by atoms with van der Waals surface area (Å²) in [5.41, 5.74) is 0.242. The van der Waals surface area contributed by atoms with Gasteiger partial charge < -0.3 is 25.0 Å². The highest BCUT2D eigenvalue weighted by Crippen LogP contribution is 2.31. The number of aliphatic hydroxyl groups excluding tert-OH is 1. The molecule has 2 aromatic carbocycles. The molecule has 2 aromatic rings. The molecule has 1 aliphatic heterocycles. The van der Waals surface area contributed by atoms with E-state index in [0.717, 1.165) is 49.9 Å². The Hall–Kier alpha value is -3.38. The molecule has 10 nitrogen and oxygen atoms in total. The van der Waals surface area contributed by atoms with Gasteiger partial charge in [-0.05, 0) is 62.2 Å². The second-order valence-corrected chi connectivity index (χ2v) is 12.7. The Balaban J connectivity index is 1.59. The predicted octanol–water partition coefficient (Wildman–Crippen LogP) is 3.82. The topological polar surface area (TPSA) is 128 Å². The lowest BCUT2D eigenvalue weighted by molar-refractivity contribution is 0.0366. The first kappa shape index (κ1) is 30.6. The molecular weight excluding hydrogens is 551 g/mol. The molecule has 1 aliphatic carbocycles. The Kier molecular flexibility index (Phi) is 9.75. The largest absolute Gasteiger partial charge is 0.487 e. The summed E-state index contributed by atoms with van der Waals surface area (Å²) in [7, 11) is -2.35. The van der Waals surface area contributed by atoms with Crippen molar-refractivity contribution >= 4 is 27.6 Å². The Labute approximate surface area is 240 Å². The molecule has 224 valence electrons. The number of ether oxygens (including phenoxy) is 1. The standard InChI is InChI=1S/C29H39FN4O6S/c1-19-16-34(20(2)18-35)28(36)25-15-23(32-41(38,39)24-12-9-21(30)10-13-24)11-14-26(25)40-27(19)17-33(3)29(37)31-22-7-5-4-6-8-22/h9-15,19-20,22,27,32,35H,4-8,16-18H2,1-3H3,(H,31,37)/t19-,20+,27-/m1/s1. The summed E-state index contributed by atoms with van der Waals surface area (Å²) >= 11 is 0. The highest BCUT2D eigenvalue weighted by atomic mass is 32.2. The number of nitrogens with one attached hydrogen (secondary N) is 2. The maximum atomic E-state index is 13.7. The molecule has 1 fully saturated rings. The van der Waals surface area contributed by atoms with E-state index >= 15 is 0 Å². The lowest BCUT2D eigenvalue weighted by atomic mass is 9.96. The molecule has 0 radical (unpaired) electrons. The zero-order valence-electron chi connectivity index (χ0n) is 23.7. The number of carbonyl (C=O) groups excluding carboxylic acids is 2. The van der Waals surface area contributed by atoms with Gasteiger partial charge in [0.15, 0.2) is 0 Å². The van der Waals surface area contributed by atoms with Crippen molar-refractivity contribution in [3.8, 4) is 5.75 Å². The monoisotopic (exact) mass is 590 g/mol. The number of carbonyl (C=O) groups is 2.